The highest BCUT2D eigenvalue weighted by molar-refractivity contribution is 7.92. The number of rotatable bonds is 10. The van der Waals surface area contributed by atoms with E-state index in [1.54, 1.807) is 6.92 Å². The van der Waals surface area contributed by atoms with E-state index >= 15 is 0 Å². The molecule has 1 aromatic carbocycles. The predicted molar refractivity (Wildman–Crippen MR) is 123 cm³/mol. The number of hydrogen-bond acceptors (Lipinski definition) is 4. The highest BCUT2D eigenvalue weighted by atomic mass is 32.2. The van der Waals surface area contributed by atoms with Gasteiger partial charge < -0.3 is 5.32 Å². The van der Waals surface area contributed by atoms with Crippen molar-refractivity contribution < 1.29 is 30.8 Å². The number of benzene rings is 1. The second kappa shape index (κ2) is 11.5. The lowest BCUT2D eigenvalue weighted by atomic mass is 10.1. The molecular formula is C23H27F4N3O3S. The summed E-state index contributed by atoms with van der Waals surface area (Å²) in [7, 11) is -3.64. The number of hydrogen-bond donors (Lipinski definition) is 2. The van der Waals surface area contributed by atoms with E-state index in [0.717, 1.165) is 31.2 Å². The van der Waals surface area contributed by atoms with Crippen LogP contribution < -0.4 is 10.0 Å². The number of nitrogens with zero attached hydrogens (tertiary/aromatic N) is 1. The van der Waals surface area contributed by atoms with Gasteiger partial charge in [0.25, 0.3) is 0 Å². The predicted octanol–water partition coefficient (Wildman–Crippen LogP) is 5.23. The number of anilines is 1. The standard InChI is InChI=1S/C23H27F4N3O3S/c1-4-5-6-7-19-16(9-12-21(29-19)23(25,26)27)10-13-22(31)28-15(2)17-8-11-20(18(24)14-17)30-34(3,32)33/h8-15,30H,4-7H2,1-3H3,(H,28,31)/b13-10+. The summed E-state index contributed by atoms with van der Waals surface area (Å²) in [5, 5.41) is 2.64. The molecule has 0 aliphatic heterocycles. The molecule has 1 unspecified atom stereocenters. The third-order valence-corrected chi connectivity index (χ3v) is 5.47. The molecule has 0 aliphatic rings. The Balaban J connectivity index is 2.13. The Hall–Kier alpha value is -2.95. The van der Waals surface area contributed by atoms with Crippen LogP contribution in [0.1, 0.15) is 61.7 Å². The smallest absolute Gasteiger partial charge is 0.346 e. The van der Waals surface area contributed by atoms with Crippen molar-refractivity contribution in [1.29, 1.82) is 0 Å². The second-order valence-corrected chi connectivity index (χ2v) is 9.61. The van der Waals surface area contributed by atoms with Crippen LogP contribution in [0.2, 0.25) is 0 Å². The average Bonchev–Trinajstić information content (AvgIpc) is 2.72. The van der Waals surface area contributed by atoms with Crippen LogP contribution >= 0.6 is 0 Å². The highest BCUT2D eigenvalue weighted by Crippen LogP contribution is 2.29. The zero-order chi connectivity index (χ0) is 25.5. The van der Waals surface area contributed by atoms with E-state index < -0.39 is 39.7 Å². The van der Waals surface area contributed by atoms with Gasteiger partial charge in [-0.05, 0) is 55.2 Å². The number of sulfonamides is 1. The summed E-state index contributed by atoms with van der Waals surface area (Å²) in [4.78, 5) is 16.1. The first-order chi connectivity index (χ1) is 15.8. The molecule has 34 heavy (non-hydrogen) atoms. The van der Waals surface area contributed by atoms with Gasteiger partial charge in [-0.25, -0.2) is 17.8 Å². The molecule has 0 fully saturated rings. The third-order valence-electron chi connectivity index (χ3n) is 4.88. The zero-order valence-electron chi connectivity index (χ0n) is 19.0. The number of pyridine rings is 1. The summed E-state index contributed by atoms with van der Waals surface area (Å²) < 4.78 is 77.9. The van der Waals surface area contributed by atoms with Crippen LogP contribution in [-0.2, 0) is 27.4 Å². The van der Waals surface area contributed by atoms with Gasteiger partial charge in [-0.15, -0.1) is 0 Å². The van der Waals surface area contributed by atoms with E-state index in [4.69, 9.17) is 0 Å². The minimum atomic E-state index is -4.56. The fraction of sp³-hybridized carbons (Fsp3) is 0.391. The van der Waals surface area contributed by atoms with Crippen molar-refractivity contribution in [3.8, 4) is 0 Å². The topological polar surface area (TPSA) is 88.2 Å². The molecule has 0 saturated carbocycles. The highest BCUT2D eigenvalue weighted by Gasteiger charge is 2.32. The summed E-state index contributed by atoms with van der Waals surface area (Å²) in [6, 6.07) is 5.37. The molecule has 11 heteroatoms. The van der Waals surface area contributed by atoms with Crippen molar-refractivity contribution in [2.45, 2.75) is 51.7 Å². The number of carbonyl (C=O) groups is 1. The summed E-state index contributed by atoms with van der Waals surface area (Å²) in [6.45, 7) is 3.59. The van der Waals surface area contributed by atoms with Crippen molar-refractivity contribution in [2.24, 2.45) is 0 Å². The molecular weight excluding hydrogens is 474 g/mol. The van der Waals surface area contributed by atoms with Gasteiger partial charge in [-0.3, -0.25) is 9.52 Å². The molecule has 0 radical (unpaired) electrons. The normalized spacial score (nSPS) is 13.1. The maximum Gasteiger partial charge on any atom is 0.433 e. The lowest BCUT2D eigenvalue weighted by molar-refractivity contribution is -0.141. The fourth-order valence-corrected chi connectivity index (χ4v) is 3.72. The molecule has 1 heterocycles. The minimum absolute atomic E-state index is 0.213. The number of nitrogens with one attached hydrogen (secondary N) is 2. The van der Waals surface area contributed by atoms with E-state index in [0.29, 0.717) is 24.0 Å². The molecule has 2 rings (SSSR count). The number of carbonyl (C=O) groups excluding carboxylic acids is 1. The Kier molecular flexibility index (Phi) is 9.20. The van der Waals surface area contributed by atoms with Crippen LogP contribution in [0, 0.1) is 5.82 Å². The molecule has 0 bridgehead atoms. The molecule has 0 spiro atoms. The summed E-state index contributed by atoms with van der Waals surface area (Å²) in [6.07, 6.45) is 1.68. The fourth-order valence-electron chi connectivity index (χ4n) is 3.16. The first-order valence-corrected chi connectivity index (χ1v) is 12.5. The third kappa shape index (κ3) is 8.44. The van der Waals surface area contributed by atoms with E-state index in [1.165, 1.54) is 30.4 Å². The first kappa shape index (κ1) is 27.3. The summed E-state index contributed by atoms with van der Waals surface area (Å²) in [5.41, 5.74) is -0.125. The zero-order valence-corrected chi connectivity index (χ0v) is 19.9. The monoisotopic (exact) mass is 501 g/mol. The minimum Gasteiger partial charge on any atom is -0.346 e. The van der Waals surface area contributed by atoms with Crippen molar-refractivity contribution >= 4 is 27.7 Å². The molecule has 2 N–H and O–H groups in total. The van der Waals surface area contributed by atoms with E-state index in [1.807, 2.05) is 6.92 Å². The number of aromatic nitrogens is 1. The quantitative estimate of drug-likeness (QED) is 0.265. The van der Waals surface area contributed by atoms with Crippen molar-refractivity contribution in [2.75, 3.05) is 11.0 Å². The van der Waals surface area contributed by atoms with E-state index in [9.17, 15) is 30.8 Å². The van der Waals surface area contributed by atoms with E-state index in [-0.39, 0.29) is 11.4 Å². The van der Waals surface area contributed by atoms with Crippen molar-refractivity contribution in [3.63, 3.8) is 0 Å². The molecule has 1 aromatic heterocycles. The van der Waals surface area contributed by atoms with Crippen LogP contribution in [0.5, 0.6) is 0 Å². The Labute approximate surface area is 196 Å². The molecule has 6 nitrogen and oxygen atoms in total. The Morgan fingerprint density at radius 2 is 1.88 bits per heavy atom. The van der Waals surface area contributed by atoms with Gasteiger partial charge >= 0.3 is 6.18 Å². The first-order valence-electron chi connectivity index (χ1n) is 10.6. The molecule has 1 atom stereocenters. The number of unbranched alkanes of at least 4 members (excludes halogenated alkanes) is 2. The summed E-state index contributed by atoms with van der Waals surface area (Å²) >= 11 is 0. The number of halogens is 4. The molecule has 0 saturated heterocycles. The van der Waals surface area contributed by atoms with Crippen LogP contribution in [-0.4, -0.2) is 25.6 Å². The number of aryl methyl sites for hydroxylation is 1. The molecule has 186 valence electrons. The van der Waals surface area contributed by atoms with Gasteiger partial charge in [0.05, 0.1) is 18.0 Å². The maximum atomic E-state index is 14.2. The Morgan fingerprint density at radius 3 is 2.47 bits per heavy atom. The molecule has 1 amide bonds. The Morgan fingerprint density at radius 1 is 1.18 bits per heavy atom. The second-order valence-electron chi connectivity index (χ2n) is 7.86. The van der Waals surface area contributed by atoms with Gasteiger partial charge in [-0.2, -0.15) is 13.2 Å². The molecule has 0 aliphatic carbocycles. The van der Waals surface area contributed by atoms with Crippen molar-refractivity contribution in [3.05, 3.63) is 64.7 Å². The number of amides is 1. The average molecular weight is 502 g/mol. The maximum absolute atomic E-state index is 14.2. The number of alkyl halides is 3. The van der Waals surface area contributed by atoms with Crippen LogP contribution in [0.4, 0.5) is 23.2 Å². The Bertz CT molecular complexity index is 1150. The van der Waals surface area contributed by atoms with E-state index in [2.05, 4.69) is 15.0 Å². The van der Waals surface area contributed by atoms with Gasteiger partial charge in [0.15, 0.2) is 0 Å². The molecule has 2 aromatic rings. The van der Waals surface area contributed by atoms with Gasteiger partial charge in [0.1, 0.15) is 11.5 Å². The van der Waals surface area contributed by atoms with Gasteiger partial charge in [0.2, 0.25) is 15.9 Å². The lowest BCUT2D eigenvalue weighted by Crippen LogP contribution is -2.24. The van der Waals surface area contributed by atoms with Gasteiger partial charge in [0, 0.05) is 11.8 Å². The largest absolute Gasteiger partial charge is 0.433 e. The summed E-state index contributed by atoms with van der Waals surface area (Å²) in [5.74, 6) is -1.34. The van der Waals surface area contributed by atoms with Gasteiger partial charge in [-0.1, -0.05) is 31.9 Å². The van der Waals surface area contributed by atoms with Crippen LogP contribution in [0.15, 0.2) is 36.4 Å². The lowest BCUT2D eigenvalue weighted by Gasteiger charge is -2.15. The van der Waals surface area contributed by atoms with Crippen molar-refractivity contribution in [1.82, 2.24) is 10.3 Å². The van der Waals surface area contributed by atoms with Crippen LogP contribution in [0.3, 0.4) is 0 Å². The SMILES string of the molecule is CCCCCc1nc(C(F)(F)F)ccc1/C=C/C(=O)NC(C)c1ccc(NS(C)(=O)=O)c(F)c1. The van der Waals surface area contributed by atoms with Crippen LogP contribution in [0.25, 0.3) is 6.08 Å².